The smallest absolute Gasteiger partial charge is 0.328 e. The van der Waals surface area contributed by atoms with Crippen LogP contribution >= 0.6 is 0 Å². The highest BCUT2D eigenvalue weighted by Crippen LogP contribution is 2.15. The van der Waals surface area contributed by atoms with Crippen molar-refractivity contribution >= 4 is 17.8 Å². The minimum Gasteiger partial charge on any atom is -0.467 e. The largest absolute Gasteiger partial charge is 0.467 e. The number of nitrogens with one attached hydrogen (secondary N) is 1. The third kappa shape index (κ3) is 7.49. The zero-order chi connectivity index (χ0) is 22.1. The lowest BCUT2D eigenvalue weighted by molar-refractivity contribution is -0.147. The van der Waals surface area contributed by atoms with Gasteiger partial charge >= 0.3 is 5.97 Å². The Morgan fingerprint density at radius 3 is 2.17 bits per heavy atom. The van der Waals surface area contributed by atoms with E-state index in [9.17, 15) is 14.4 Å². The highest BCUT2D eigenvalue weighted by molar-refractivity contribution is 5.92. The number of benzene rings is 1. The molecule has 0 heterocycles. The maximum atomic E-state index is 13.1. The summed E-state index contributed by atoms with van der Waals surface area (Å²) in [6.45, 7) is 7.67. The summed E-state index contributed by atoms with van der Waals surface area (Å²) in [7, 11) is 2.87. The number of nitrogens with zero attached hydrogens (tertiary/aromatic N) is 1. The van der Waals surface area contributed by atoms with E-state index >= 15 is 0 Å². The summed E-state index contributed by atoms with van der Waals surface area (Å²) in [5.41, 5.74) is 6.90. The molecule has 0 saturated heterocycles. The summed E-state index contributed by atoms with van der Waals surface area (Å²) >= 11 is 0. The molecule has 3 N–H and O–H groups in total. The standard InChI is InChI=1S/C22H35N3O4/c1-14(2)12-18(25(5)21(27)19(23)15(3)4)20(26)24-17(22(28)29-6)13-16-10-8-7-9-11-16/h7-11,14-15,17-19H,12-13,23H2,1-6H3,(H,24,26)/t17-,18+,19-/m0/s1. The van der Waals surface area contributed by atoms with Gasteiger partial charge in [0.05, 0.1) is 13.2 Å². The second-order valence-electron chi connectivity index (χ2n) is 8.14. The Bertz CT molecular complexity index is 676. The van der Waals surface area contributed by atoms with Gasteiger partial charge in [0.15, 0.2) is 0 Å². The van der Waals surface area contributed by atoms with Crippen LogP contribution in [0.3, 0.4) is 0 Å². The van der Waals surface area contributed by atoms with Crippen molar-refractivity contribution in [1.82, 2.24) is 10.2 Å². The van der Waals surface area contributed by atoms with Gasteiger partial charge in [-0.05, 0) is 23.8 Å². The highest BCUT2D eigenvalue weighted by Gasteiger charge is 2.33. The molecule has 0 bridgehead atoms. The number of likely N-dealkylation sites (N-methyl/N-ethyl adjacent to an activating group) is 1. The summed E-state index contributed by atoms with van der Waals surface area (Å²) < 4.78 is 4.87. The molecule has 0 radical (unpaired) electrons. The van der Waals surface area contributed by atoms with Gasteiger partial charge in [0.1, 0.15) is 12.1 Å². The van der Waals surface area contributed by atoms with Crippen molar-refractivity contribution in [2.75, 3.05) is 14.2 Å². The average molecular weight is 406 g/mol. The molecule has 0 aliphatic heterocycles. The van der Waals surface area contributed by atoms with E-state index in [0.717, 1.165) is 5.56 Å². The molecule has 2 amide bonds. The SMILES string of the molecule is COC(=O)[C@H](Cc1ccccc1)NC(=O)[C@@H](CC(C)C)N(C)C(=O)[C@@H](N)C(C)C. The number of ether oxygens (including phenoxy) is 1. The van der Waals surface area contributed by atoms with Crippen LogP contribution in [-0.2, 0) is 25.5 Å². The van der Waals surface area contributed by atoms with Crippen molar-refractivity contribution in [3.8, 4) is 0 Å². The molecule has 162 valence electrons. The Morgan fingerprint density at radius 1 is 1.10 bits per heavy atom. The van der Waals surface area contributed by atoms with Crippen LogP contribution in [0.1, 0.15) is 39.7 Å². The fourth-order valence-corrected chi connectivity index (χ4v) is 3.01. The van der Waals surface area contributed by atoms with E-state index in [2.05, 4.69) is 5.32 Å². The number of hydrogen-bond acceptors (Lipinski definition) is 5. The molecule has 0 aromatic heterocycles. The normalized spacial score (nSPS) is 14.2. The van der Waals surface area contributed by atoms with Crippen molar-refractivity contribution < 1.29 is 19.1 Å². The Kier molecular flexibility index (Phi) is 9.81. The van der Waals surface area contributed by atoms with E-state index in [1.54, 1.807) is 7.05 Å². The van der Waals surface area contributed by atoms with E-state index in [-0.39, 0.29) is 17.7 Å². The first kappa shape index (κ1) is 24.6. The van der Waals surface area contributed by atoms with E-state index < -0.39 is 30.0 Å². The van der Waals surface area contributed by atoms with Gasteiger partial charge < -0.3 is 20.7 Å². The Labute approximate surface area is 174 Å². The van der Waals surface area contributed by atoms with Gasteiger partial charge in [-0.1, -0.05) is 58.0 Å². The van der Waals surface area contributed by atoms with Crippen LogP contribution in [-0.4, -0.2) is 55.0 Å². The summed E-state index contributed by atoms with van der Waals surface area (Å²) in [6.07, 6.45) is 0.759. The van der Waals surface area contributed by atoms with Crippen molar-refractivity contribution in [2.45, 2.75) is 58.7 Å². The first-order chi connectivity index (χ1) is 13.6. The number of esters is 1. The number of methoxy groups -OCH3 is 1. The van der Waals surface area contributed by atoms with Crippen molar-refractivity contribution in [3.63, 3.8) is 0 Å². The quantitative estimate of drug-likeness (QED) is 0.578. The van der Waals surface area contributed by atoms with E-state index in [0.29, 0.717) is 12.8 Å². The number of nitrogens with two attached hydrogens (primary N) is 1. The molecule has 29 heavy (non-hydrogen) atoms. The Morgan fingerprint density at radius 2 is 1.69 bits per heavy atom. The van der Waals surface area contributed by atoms with E-state index in [4.69, 9.17) is 10.5 Å². The van der Waals surface area contributed by atoms with Gasteiger partial charge in [0.2, 0.25) is 11.8 Å². The summed E-state index contributed by atoms with van der Waals surface area (Å²) in [5.74, 6) is -1.09. The molecule has 1 aromatic rings. The predicted molar refractivity (Wildman–Crippen MR) is 113 cm³/mol. The average Bonchev–Trinajstić information content (AvgIpc) is 2.69. The summed E-state index contributed by atoms with van der Waals surface area (Å²) in [6, 6.07) is 7.12. The fraction of sp³-hybridized carbons (Fsp3) is 0.591. The lowest BCUT2D eigenvalue weighted by Crippen LogP contribution is -2.56. The maximum absolute atomic E-state index is 13.1. The van der Waals surface area contributed by atoms with Gasteiger partial charge in [0, 0.05) is 13.5 Å². The molecule has 3 atom stereocenters. The number of amides is 2. The minimum atomic E-state index is -0.841. The van der Waals surface area contributed by atoms with E-state index in [1.807, 2.05) is 58.0 Å². The molecule has 7 heteroatoms. The topological polar surface area (TPSA) is 102 Å². The van der Waals surface area contributed by atoms with E-state index in [1.165, 1.54) is 12.0 Å². The van der Waals surface area contributed by atoms with Crippen LogP contribution in [0.25, 0.3) is 0 Å². The van der Waals surface area contributed by atoms with Crippen molar-refractivity contribution in [1.29, 1.82) is 0 Å². The third-order valence-electron chi connectivity index (χ3n) is 4.90. The van der Waals surface area contributed by atoms with Crippen LogP contribution in [0.5, 0.6) is 0 Å². The zero-order valence-electron chi connectivity index (χ0n) is 18.3. The van der Waals surface area contributed by atoms with Crippen LogP contribution in [0.2, 0.25) is 0 Å². The molecule has 1 aromatic carbocycles. The van der Waals surface area contributed by atoms with Gasteiger partial charge in [-0.2, -0.15) is 0 Å². The number of rotatable bonds is 10. The lowest BCUT2D eigenvalue weighted by atomic mass is 9.98. The number of carbonyl (C=O) groups is 3. The Hall–Kier alpha value is -2.41. The van der Waals surface area contributed by atoms with Gasteiger partial charge in [-0.3, -0.25) is 9.59 Å². The molecular weight excluding hydrogens is 370 g/mol. The summed E-state index contributed by atoms with van der Waals surface area (Å²) in [5, 5.41) is 2.78. The van der Waals surface area contributed by atoms with Crippen LogP contribution < -0.4 is 11.1 Å². The molecule has 0 aliphatic carbocycles. The highest BCUT2D eigenvalue weighted by atomic mass is 16.5. The molecule has 0 saturated carbocycles. The van der Waals surface area contributed by atoms with Crippen molar-refractivity contribution in [3.05, 3.63) is 35.9 Å². The molecule has 7 nitrogen and oxygen atoms in total. The second-order valence-corrected chi connectivity index (χ2v) is 8.14. The second kappa shape index (κ2) is 11.6. The van der Waals surface area contributed by atoms with Crippen LogP contribution in [0.4, 0.5) is 0 Å². The Balaban J connectivity index is 3.03. The molecule has 0 spiro atoms. The molecular formula is C22H35N3O4. The maximum Gasteiger partial charge on any atom is 0.328 e. The third-order valence-corrected chi connectivity index (χ3v) is 4.90. The zero-order valence-corrected chi connectivity index (χ0v) is 18.3. The number of hydrogen-bond donors (Lipinski definition) is 2. The fourth-order valence-electron chi connectivity index (χ4n) is 3.01. The minimum absolute atomic E-state index is 0.0476. The van der Waals surface area contributed by atoms with Crippen LogP contribution in [0, 0.1) is 11.8 Å². The predicted octanol–water partition coefficient (Wildman–Crippen LogP) is 1.74. The molecule has 0 aliphatic rings. The first-order valence-corrected chi connectivity index (χ1v) is 10.0. The van der Waals surface area contributed by atoms with Gasteiger partial charge in [0.25, 0.3) is 0 Å². The molecule has 0 fully saturated rings. The van der Waals surface area contributed by atoms with Crippen molar-refractivity contribution in [2.24, 2.45) is 17.6 Å². The number of carbonyl (C=O) groups excluding carboxylic acids is 3. The van der Waals surface area contributed by atoms with Gasteiger partial charge in [-0.25, -0.2) is 4.79 Å². The lowest BCUT2D eigenvalue weighted by Gasteiger charge is -2.32. The first-order valence-electron chi connectivity index (χ1n) is 10.0. The molecule has 0 unspecified atom stereocenters. The summed E-state index contributed by atoms with van der Waals surface area (Å²) in [4.78, 5) is 39.5. The monoisotopic (exact) mass is 405 g/mol. The van der Waals surface area contributed by atoms with Gasteiger partial charge in [-0.15, -0.1) is 0 Å². The van der Waals surface area contributed by atoms with Crippen LogP contribution in [0.15, 0.2) is 30.3 Å². The molecule has 1 rings (SSSR count).